The van der Waals surface area contributed by atoms with Crippen LogP contribution < -0.4 is 0 Å². The van der Waals surface area contributed by atoms with Crippen LogP contribution in [0.3, 0.4) is 0 Å². The fourth-order valence-electron chi connectivity index (χ4n) is 4.00. The Morgan fingerprint density at radius 3 is 3.12 bits per heavy atom. The summed E-state index contributed by atoms with van der Waals surface area (Å²) in [5.41, 5.74) is 2.27. The predicted octanol–water partition coefficient (Wildman–Crippen LogP) is 2.10. The van der Waals surface area contributed by atoms with Gasteiger partial charge >= 0.3 is 0 Å². The number of ether oxygens (including phenoxy) is 1. The van der Waals surface area contributed by atoms with Crippen LogP contribution in [0.15, 0.2) is 33.7 Å². The van der Waals surface area contributed by atoms with E-state index in [1.54, 1.807) is 18.9 Å². The van der Waals surface area contributed by atoms with E-state index < -0.39 is 0 Å². The Morgan fingerprint density at radius 2 is 2.42 bits per heavy atom. The van der Waals surface area contributed by atoms with Crippen LogP contribution in [-0.2, 0) is 11.3 Å². The van der Waals surface area contributed by atoms with E-state index in [4.69, 9.17) is 9.15 Å². The molecule has 0 radical (unpaired) electrons. The lowest BCUT2D eigenvalue weighted by atomic mass is 9.89. The second-order valence-corrected chi connectivity index (χ2v) is 7.16. The molecule has 0 saturated carbocycles. The van der Waals surface area contributed by atoms with Crippen molar-refractivity contribution >= 4 is 17.2 Å². The van der Waals surface area contributed by atoms with Crippen molar-refractivity contribution in [3.63, 3.8) is 0 Å². The van der Waals surface area contributed by atoms with Gasteiger partial charge < -0.3 is 14.1 Å². The van der Waals surface area contributed by atoms with Gasteiger partial charge in [-0.15, -0.1) is 11.3 Å². The number of piperidine rings is 1. The van der Waals surface area contributed by atoms with E-state index in [0.717, 1.165) is 38.4 Å². The first-order valence-corrected chi connectivity index (χ1v) is 9.17. The van der Waals surface area contributed by atoms with Crippen molar-refractivity contribution in [3.8, 4) is 0 Å². The summed E-state index contributed by atoms with van der Waals surface area (Å²) in [5.74, 6) is 1.34. The van der Waals surface area contributed by atoms with Gasteiger partial charge in [-0.1, -0.05) is 0 Å². The normalized spacial score (nSPS) is 27.4. The fourth-order valence-corrected chi connectivity index (χ4v) is 4.52. The Labute approximate surface area is 145 Å². The molecular formula is C17H21N3O3S. The van der Waals surface area contributed by atoms with Gasteiger partial charge in [-0.05, 0) is 18.6 Å². The van der Waals surface area contributed by atoms with Crippen molar-refractivity contribution in [2.45, 2.75) is 25.1 Å². The zero-order valence-corrected chi connectivity index (χ0v) is 14.4. The molecule has 3 atom stereocenters. The van der Waals surface area contributed by atoms with E-state index in [9.17, 15) is 4.79 Å². The zero-order valence-electron chi connectivity index (χ0n) is 13.6. The van der Waals surface area contributed by atoms with Crippen LogP contribution in [-0.4, -0.2) is 59.6 Å². The van der Waals surface area contributed by atoms with Crippen molar-refractivity contribution < 1.29 is 13.9 Å². The van der Waals surface area contributed by atoms with Crippen LogP contribution in [0.2, 0.25) is 0 Å². The minimum Gasteiger partial charge on any atom is -0.468 e. The molecule has 7 heteroatoms. The van der Waals surface area contributed by atoms with Crippen LogP contribution in [0.4, 0.5) is 0 Å². The standard InChI is InChI=1S/C17H21N3O3S/c1-22-16-4-5-20(17(21)14-10-24-11-18-14)15-9-19(8-13(15)16)7-12-3-2-6-23-12/h2-3,6,10-11,13,15-16H,4-5,7-9H2,1H3/t13-,15+,16+/m0/s1. The van der Waals surface area contributed by atoms with E-state index in [1.807, 2.05) is 22.4 Å². The lowest BCUT2D eigenvalue weighted by Crippen LogP contribution is -2.53. The molecule has 0 N–H and O–H groups in total. The summed E-state index contributed by atoms with van der Waals surface area (Å²) in [6.45, 7) is 3.27. The van der Waals surface area contributed by atoms with Gasteiger partial charge in [0.05, 0.1) is 30.5 Å². The molecule has 6 nitrogen and oxygen atoms in total. The highest BCUT2D eigenvalue weighted by Gasteiger charge is 2.46. The van der Waals surface area contributed by atoms with Gasteiger partial charge in [0, 0.05) is 38.0 Å². The lowest BCUT2D eigenvalue weighted by molar-refractivity contribution is -0.0158. The first kappa shape index (κ1) is 15.8. The lowest BCUT2D eigenvalue weighted by Gasteiger charge is -2.40. The first-order valence-electron chi connectivity index (χ1n) is 8.23. The highest BCUT2D eigenvalue weighted by atomic mass is 32.1. The van der Waals surface area contributed by atoms with Gasteiger partial charge in [-0.25, -0.2) is 4.98 Å². The summed E-state index contributed by atoms with van der Waals surface area (Å²) in [6, 6.07) is 4.08. The Hall–Kier alpha value is -1.70. The van der Waals surface area contributed by atoms with Crippen LogP contribution >= 0.6 is 11.3 Å². The molecule has 2 aliphatic rings. The number of hydrogen-bond acceptors (Lipinski definition) is 6. The number of carbonyl (C=O) groups excluding carboxylic acids is 1. The molecular weight excluding hydrogens is 326 g/mol. The van der Waals surface area contributed by atoms with E-state index in [1.165, 1.54) is 11.3 Å². The number of methoxy groups -OCH3 is 1. The van der Waals surface area contributed by atoms with Crippen molar-refractivity contribution in [3.05, 3.63) is 40.7 Å². The summed E-state index contributed by atoms with van der Waals surface area (Å²) in [5, 5.41) is 1.83. The van der Waals surface area contributed by atoms with E-state index in [2.05, 4.69) is 9.88 Å². The summed E-state index contributed by atoms with van der Waals surface area (Å²) < 4.78 is 11.2. The number of fused-ring (bicyclic) bond motifs is 1. The Kier molecular flexibility index (Phi) is 4.39. The fraction of sp³-hybridized carbons (Fsp3) is 0.529. The summed E-state index contributed by atoms with van der Waals surface area (Å²) in [6.07, 6.45) is 2.78. The summed E-state index contributed by atoms with van der Waals surface area (Å²) in [7, 11) is 1.77. The van der Waals surface area contributed by atoms with Crippen LogP contribution in [0.25, 0.3) is 0 Å². The quantitative estimate of drug-likeness (QED) is 0.848. The molecule has 0 spiro atoms. The summed E-state index contributed by atoms with van der Waals surface area (Å²) >= 11 is 1.46. The molecule has 2 aliphatic heterocycles. The highest BCUT2D eigenvalue weighted by Crippen LogP contribution is 2.34. The van der Waals surface area contributed by atoms with Crippen LogP contribution in [0, 0.1) is 5.92 Å². The topological polar surface area (TPSA) is 58.8 Å². The number of thiazole rings is 1. The number of rotatable bonds is 4. The zero-order chi connectivity index (χ0) is 16.5. The average molecular weight is 347 g/mol. The number of carbonyl (C=O) groups is 1. The van der Waals surface area contributed by atoms with Crippen LogP contribution in [0.5, 0.6) is 0 Å². The highest BCUT2D eigenvalue weighted by molar-refractivity contribution is 7.07. The van der Waals surface area contributed by atoms with Gasteiger partial charge in [-0.2, -0.15) is 0 Å². The maximum atomic E-state index is 12.8. The SMILES string of the molecule is CO[C@@H]1CCN(C(=O)c2cscn2)[C@@H]2CN(Cc3ccco3)C[C@@H]21. The third-order valence-corrected chi connectivity index (χ3v) is 5.70. The van der Waals surface area contributed by atoms with Gasteiger partial charge in [0.25, 0.3) is 5.91 Å². The first-order chi connectivity index (χ1) is 11.8. The molecule has 4 rings (SSSR count). The molecule has 0 aliphatic carbocycles. The maximum Gasteiger partial charge on any atom is 0.273 e. The molecule has 128 valence electrons. The largest absolute Gasteiger partial charge is 0.468 e. The molecule has 2 fully saturated rings. The molecule has 0 unspecified atom stereocenters. The minimum absolute atomic E-state index is 0.0423. The van der Waals surface area contributed by atoms with Gasteiger partial charge in [0.15, 0.2) is 0 Å². The smallest absolute Gasteiger partial charge is 0.273 e. The number of amides is 1. The third kappa shape index (κ3) is 2.87. The third-order valence-electron chi connectivity index (χ3n) is 5.12. The molecule has 2 saturated heterocycles. The van der Waals surface area contributed by atoms with E-state index in [0.29, 0.717) is 11.6 Å². The molecule has 0 aromatic carbocycles. The van der Waals surface area contributed by atoms with Crippen molar-refractivity contribution in [2.75, 3.05) is 26.7 Å². The monoisotopic (exact) mass is 347 g/mol. The molecule has 1 amide bonds. The van der Waals surface area contributed by atoms with Crippen molar-refractivity contribution in [1.82, 2.24) is 14.8 Å². The number of likely N-dealkylation sites (tertiary alicyclic amines) is 2. The second-order valence-electron chi connectivity index (χ2n) is 6.44. The second kappa shape index (κ2) is 6.66. The Bertz CT molecular complexity index is 673. The average Bonchev–Trinajstić information content (AvgIpc) is 3.34. The molecule has 2 aromatic rings. The number of furan rings is 1. The van der Waals surface area contributed by atoms with Crippen molar-refractivity contribution in [1.29, 1.82) is 0 Å². The van der Waals surface area contributed by atoms with Gasteiger partial charge in [0.1, 0.15) is 11.5 Å². The maximum absolute atomic E-state index is 12.8. The van der Waals surface area contributed by atoms with E-state index >= 15 is 0 Å². The molecule has 24 heavy (non-hydrogen) atoms. The van der Waals surface area contributed by atoms with Crippen LogP contribution in [0.1, 0.15) is 22.7 Å². The van der Waals surface area contributed by atoms with Gasteiger partial charge in [-0.3, -0.25) is 9.69 Å². The molecule has 4 heterocycles. The molecule has 0 bridgehead atoms. The molecule has 2 aromatic heterocycles. The predicted molar refractivity (Wildman–Crippen MR) is 89.8 cm³/mol. The number of aromatic nitrogens is 1. The number of nitrogens with zero attached hydrogens (tertiary/aromatic N) is 3. The Morgan fingerprint density at radius 1 is 1.50 bits per heavy atom. The summed E-state index contributed by atoms with van der Waals surface area (Å²) in [4.78, 5) is 21.4. The number of hydrogen-bond donors (Lipinski definition) is 0. The van der Waals surface area contributed by atoms with Crippen molar-refractivity contribution in [2.24, 2.45) is 5.92 Å². The minimum atomic E-state index is 0.0423. The van der Waals surface area contributed by atoms with E-state index in [-0.39, 0.29) is 18.1 Å². The van der Waals surface area contributed by atoms with Gasteiger partial charge in [0.2, 0.25) is 0 Å². The Balaban J connectivity index is 1.52.